The average molecular weight is 433 g/mol. The number of fused-ring (bicyclic) bond motifs is 2. The molecule has 0 spiro atoms. The number of ether oxygens (including phenoxy) is 1. The Hall–Kier alpha value is -3.74. The van der Waals surface area contributed by atoms with Crippen LogP contribution in [0.25, 0.3) is 21.8 Å². The fraction of sp³-hybridized carbons (Fsp3) is 0.280. The van der Waals surface area contributed by atoms with Gasteiger partial charge in [-0.2, -0.15) is 0 Å². The minimum absolute atomic E-state index is 0.307. The summed E-state index contributed by atoms with van der Waals surface area (Å²) in [5, 5.41) is 7.74. The first-order chi connectivity index (χ1) is 15.2. The quantitative estimate of drug-likeness (QED) is 0.426. The second-order valence-corrected chi connectivity index (χ2v) is 8.95. The Kier molecular flexibility index (Phi) is 5.65. The number of amides is 2. The molecule has 0 radical (unpaired) electrons. The van der Waals surface area contributed by atoms with Gasteiger partial charge in [0.15, 0.2) is 0 Å². The van der Waals surface area contributed by atoms with Crippen LogP contribution in [-0.2, 0) is 23.0 Å². The number of H-pyrrole nitrogens is 1. The van der Waals surface area contributed by atoms with Gasteiger partial charge in [-0.1, -0.05) is 18.2 Å². The van der Waals surface area contributed by atoms with Crippen LogP contribution in [0.3, 0.4) is 0 Å². The summed E-state index contributed by atoms with van der Waals surface area (Å²) in [6.45, 7) is 5.37. The van der Waals surface area contributed by atoms with E-state index in [0.717, 1.165) is 27.4 Å². The van der Waals surface area contributed by atoms with Gasteiger partial charge in [-0.15, -0.1) is 0 Å². The molecule has 4 rings (SSSR count). The Morgan fingerprint density at radius 1 is 1.12 bits per heavy atom. The summed E-state index contributed by atoms with van der Waals surface area (Å²) >= 11 is 0. The molecular weight excluding hydrogens is 404 g/mol. The molecule has 0 aliphatic carbocycles. The molecule has 2 aromatic heterocycles. The molecule has 4 aromatic rings. The van der Waals surface area contributed by atoms with Crippen LogP contribution in [0, 0.1) is 0 Å². The van der Waals surface area contributed by atoms with Gasteiger partial charge >= 0.3 is 6.09 Å². The van der Waals surface area contributed by atoms with Crippen LogP contribution < -0.4 is 10.6 Å². The van der Waals surface area contributed by atoms with Crippen molar-refractivity contribution >= 4 is 39.5 Å². The molecule has 0 saturated heterocycles. The van der Waals surface area contributed by atoms with Crippen molar-refractivity contribution in [3.8, 4) is 0 Å². The Morgan fingerprint density at radius 2 is 1.91 bits per heavy atom. The minimum atomic E-state index is -0.808. The fourth-order valence-corrected chi connectivity index (χ4v) is 3.83. The van der Waals surface area contributed by atoms with Crippen LogP contribution in [-0.4, -0.2) is 33.2 Å². The number of anilines is 1. The minimum Gasteiger partial charge on any atom is -0.444 e. The van der Waals surface area contributed by atoms with E-state index in [1.54, 1.807) is 20.8 Å². The van der Waals surface area contributed by atoms with Crippen LogP contribution in [0.5, 0.6) is 0 Å². The summed E-state index contributed by atoms with van der Waals surface area (Å²) in [7, 11) is 1.97. The number of benzene rings is 2. The van der Waals surface area contributed by atoms with Crippen molar-refractivity contribution in [2.45, 2.75) is 38.8 Å². The molecule has 1 atom stereocenters. The first kappa shape index (κ1) is 21.5. The summed E-state index contributed by atoms with van der Waals surface area (Å²) in [6, 6.07) is 14.8. The topological polar surface area (TPSA) is 88.2 Å². The van der Waals surface area contributed by atoms with Crippen molar-refractivity contribution in [2.75, 3.05) is 5.32 Å². The number of carbonyl (C=O) groups is 2. The summed E-state index contributed by atoms with van der Waals surface area (Å²) in [5.74, 6) is -0.307. The molecule has 0 saturated carbocycles. The van der Waals surface area contributed by atoms with Crippen LogP contribution in [0.1, 0.15) is 26.3 Å². The highest BCUT2D eigenvalue weighted by atomic mass is 16.6. The number of aromatic amines is 1. The van der Waals surface area contributed by atoms with Crippen molar-refractivity contribution in [2.24, 2.45) is 7.05 Å². The van der Waals surface area contributed by atoms with Gasteiger partial charge in [0.25, 0.3) is 0 Å². The second-order valence-electron chi connectivity index (χ2n) is 8.95. The number of aryl methyl sites for hydroxylation is 1. The van der Waals surface area contributed by atoms with Crippen LogP contribution in [0.15, 0.2) is 60.9 Å². The number of aromatic nitrogens is 2. The number of alkyl carbamates (subject to hydrolysis) is 1. The molecule has 0 aliphatic rings. The predicted octanol–water partition coefficient (Wildman–Crippen LogP) is 4.73. The first-order valence-corrected chi connectivity index (χ1v) is 10.6. The smallest absolute Gasteiger partial charge is 0.408 e. The molecule has 2 amide bonds. The Bertz CT molecular complexity index is 1280. The second kappa shape index (κ2) is 8.42. The monoisotopic (exact) mass is 432 g/mol. The lowest BCUT2D eigenvalue weighted by atomic mass is 10.0. The third kappa shape index (κ3) is 4.77. The van der Waals surface area contributed by atoms with Gasteiger partial charge in [-0.3, -0.25) is 4.79 Å². The van der Waals surface area contributed by atoms with Gasteiger partial charge < -0.3 is 24.9 Å². The molecule has 166 valence electrons. The van der Waals surface area contributed by atoms with E-state index in [1.165, 1.54) is 0 Å². The molecule has 7 heteroatoms. The zero-order chi connectivity index (χ0) is 22.9. The third-order valence-corrected chi connectivity index (χ3v) is 5.23. The molecule has 0 aliphatic heterocycles. The van der Waals surface area contributed by atoms with Gasteiger partial charge in [0.05, 0.1) is 0 Å². The average Bonchev–Trinajstić information content (AvgIpc) is 3.30. The molecular formula is C25H28N4O3. The Morgan fingerprint density at radius 3 is 2.69 bits per heavy atom. The molecule has 32 heavy (non-hydrogen) atoms. The number of nitrogens with zero attached hydrogens (tertiary/aromatic N) is 1. The number of hydrogen-bond donors (Lipinski definition) is 3. The lowest BCUT2D eigenvalue weighted by Crippen LogP contribution is -2.47. The molecule has 0 fully saturated rings. The van der Waals surface area contributed by atoms with E-state index in [0.29, 0.717) is 12.1 Å². The highest BCUT2D eigenvalue weighted by Crippen LogP contribution is 2.23. The Labute approximate surface area is 186 Å². The molecule has 2 aromatic carbocycles. The fourth-order valence-electron chi connectivity index (χ4n) is 3.83. The van der Waals surface area contributed by atoms with Crippen molar-refractivity contribution in [3.63, 3.8) is 0 Å². The summed E-state index contributed by atoms with van der Waals surface area (Å²) in [6.07, 6.45) is 3.55. The maximum atomic E-state index is 13.2. The number of hydrogen-bond acceptors (Lipinski definition) is 3. The van der Waals surface area contributed by atoms with Gasteiger partial charge in [0.1, 0.15) is 11.6 Å². The molecule has 0 unspecified atom stereocenters. The summed E-state index contributed by atoms with van der Waals surface area (Å²) in [5.41, 5.74) is 3.03. The number of carbonyl (C=O) groups excluding carboxylic acids is 2. The van der Waals surface area contributed by atoms with Crippen molar-refractivity contribution in [1.82, 2.24) is 14.9 Å². The summed E-state index contributed by atoms with van der Waals surface area (Å²) in [4.78, 5) is 28.9. The largest absolute Gasteiger partial charge is 0.444 e. The van der Waals surface area contributed by atoms with Gasteiger partial charge in [0.2, 0.25) is 5.91 Å². The zero-order valence-corrected chi connectivity index (χ0v) is 18.7. The molecule has 0 bridgehead atoms. The van der Waals surface area contributed by atoms with Crippen molar-refractivity contribution in [3.05, 3.63) is 66.5 Å². The highest BCUT2D eigenvalue weighted by molar-refractivity contribution is 5.99. The van der Waals surface area contributed by atoms with E-state index in [-0.39, 0.29) is 5.91 Å². The van der Waals surface area contributed by atoms with Crippen LogP contribution in [0.4, 0.5) is 10.5 Å². The van der Waals surface area contributed by atoms with Crippen molar-refractivity contribution < 1.29 is 14.3 Å². The number of nitrogens with one attached hydrogen (secondary N) is 3. The zero-order valence-electron chi connectivity index (χ0n) is 18.7. The van der Waals surface area contributed by atoms with Crippen LogP contribution in [0.2, 0.25) is 0 Å². The predicted molar refractivity (Wildman–Crippen MR) is 127 cm³/mol. The summed E-state index contributed by atoms with van der Waals surface area (Å²) < 4.78 is 7.43. The van der Waals surface area contributed by atoms with Gasteiger partial charge in [-0.05, 0) is 56.7 Å². The lowest BCUT2D eigenvalue weighted by Gasteiger charge is -2.23. The standard InChI is InChI=1S/C25H28N4O3/c1-25(2,3)32-24(31)28-21(14-17-15-29(4)22-8-6-5-7-19(17)22)23(30)27-18-9-10-20-16(13-18)11-12-26-20/h5-13,15,21,26H,14H2,1-4H3,(H,27,30)(H,28,31)/t21-/m1/s1. The van der Waals surface area contributed by atoms with Crippen LogP contribution >= 0.6 is 0 Å². The van der Waals surface area contributed by atoms with E-state index in [1.807, 2.05) is 72.5 Å². The number of para-hydroxylation sites is 1. The van der Waals surface area contributed by atoms with E-state index in [2.05, 4.69) is 15.6 Å². The van der Waals surface area contributed by atoms with Crippen molar-refractivity contribution in [1.29, 1.82) is 0 Å². The van der Waals surface area contributed by atoms with E-state index in [9.17, 15) is 9.59 Å². The van der Waals surface area contributed by atoms with Gasteiger partial charge in [0, 0.05) is 53.4 Å². The molecule has 7 nitrogen and oxygen atoms in total. The normalized spacial score (nSPS) is 12.6. The third-order valence-electron chi connectivity index (χ3n) is 5.23. The maximum Gasteiger partial charge on any atom is 0.408 e. The highest BCUT2D eigenvalue weighted by Gasteiger charge is 2.26. The molecule has 2 heterocycles. The van der Waals surface area contributed by atoms with E-state index < -0.39 is 17.7 Å². The Balaban J connectivity index is 1.59. The van der Waals surface area contributed by atoms with Gasteiger partial charge in [-0.25, -0.2) is 4.79 Å². The van der Waals surface area contributed by atoms with E-state index >= 15 is 0 Å². The first-order valence-electron chi connectivity index (χ1n) is 10.6. The maximum absolute atomic E-state index is 13.2. The lowest BCUT2D eigenvalue weighted by molar-refractivity contribution is -0.118. The SMILES string of the molecule is Cn1cc(C[C@@H](NC(=O)OC(C)(C)C)C(=O)Nc2ccc3[nH]ccc3c2)c2ccccc21. The van der Waals surface area contributed by atoms with E-state index in [4.69, 9.17) is 4.74 Å². The molecule has 3 N–H and O–H groups in total. The number of rotatable bonds is 5.